The van der Waals surface area contributed by atoms with Gasteiger partial charge in [-0.25, -0.2) is 15.0 Å². The molecule has 0 bridgehead atoms. The third kappa shape index (κ3) is 5.48. The predicted molar refractivity (Wildman–Crippen MR) is 234 cm³/mol. The highest BCUT2D eigenvalue weighted by Crippen LogP contribution is 2.44. The molecule has 0 unspecified atom stereocenters. The first kappa shape index (κ1) is 32.2. The highest BCUT2D eigenvalue weighted by molar-refractivity contribution is 7.26. The minimum Gasteiger partial charge on any atom is -0.309 e. The zero-order valence-corrected chi connectivity index (χ0v) is 31.0. The van der Waals surface area contributed by atoms with E-state index in [0.29, 0.717) is 17.5 Å². The quantitative estimate of drug-likeness (QED) is 0.171. The zero-order valence-electron chi connectivity index (χ0n) is 30.2. The number of hydrogen-bond acceptors (Lipinski definition) is 4. The average molecular weight is 733 g/mol. The second-order valence-corrected chi connectivity index (χ2v) is 15.1. The summed E-state index contributed by atoms with van der Waals surface area (Å²) in [6, 6.07) is 68.5. The molecule has 3 heterocycles. The number of fused-ring (bicyclic) bond motifs is 7. The van der Waals surface area contributed by atoms with E-state index in [4.69, 9.17) is 15.0 Å². The fourth-order valence-electron chi connectivity index (χ4n) is 8.01. The first-order chi connectivity index (χ1) is 27.7. The number of thiophene rings is 1. The second kappa shape index (κ2) is 13.3. The lowest BCUT2D eigenvalue weighted by molar-refractivity contribution is 1.07. The van der Waals surface area contributed by atoms with Crippen molar-refractivity contribution in [2.24, 2.45) is 0 Å². The largest absolute Gasteiger partial charge is 0.309 e. The molecule has 4 nitrogen and oxygen atoms in total. The normalized spacial score (nSPS) is 11.6. The minimum atomic E-state index is 0.618. The standard InChI is InChI=1S/C51H32N4S/c1-4-14-33(15-5-1)35-24-26-37(27-25-35)50-52-49(36-18-8-3-9-19-36)53-51(54-50)39-30-38(34-16-6-2-7-17-34)31-40(32-39)55-43-22-12-10-20-41(43)47-44(55)28-29-46-48(47)42-21-11-13-23-45(42)56-46/h1-32H. The Labute approximate surface area is 327 Å². The molecule has 0 aliphatic rings. The molecule has 0 N–H and O–H groups in total. The number of benzene rings is 8. The predicted octanol–water partition coefficient (Wildman–Crippen LogP) is 13.7. The Morgan fingerprint density at radius 3 is 1.52 bits per heavy atom. The lowest BCUT2D eigenvalue weighted by Gasteiger charge is -2.14. The van der Waals surface area contributed by atoms with Crippen molar-refractivity contribution in [1.29, 1.82) is 0 Å². The fourth-order valence-corrected chi connectivity index (χ4v) is 9.13. The van der Waals surface area contributed by atoms with Crippen molar-refractivity contribution in [2.75, 3.05) is 0 Å². The van der Waals surface area contributed by atoms with Gasteiger partial charge in [-0.3, -0.25) is 0 Å². The second-order valence-electron chi connectivity index (χ2n) is 14.0. The molecule has 0 amide bonds. The molecular formula is C51H32N4S. The highest BCUT2D eigenvalue weighted by atomic mass is 32.1. The van der Waals surface area contributed by atoms with E-state index in [1.54, 1.807) is 0 Å². The van der Waals surface area contributed by atoms with E-state index in [9.17, 15) is 0 Å². The van der Waals surface area contributed by atoms with Gasteiger partial charge in [0.1, 0.15) is 0 Å². The minimum absolute atomic E-state index is 0.618. The number of aromatic nitrogens is 4. The van der Waals surface area contributed by atoms with Crippen LogP contribution in [0.5, 0.6) is 0 Å². The van der Waals surface area contributed by atoms with E-state index in [0.717, 1.165) is 44.6 Å². The van der Waals surface area contributed by atoms with Gasteiger partial charge in [0.25, 0.3) is 0 Å². The van der Waals surface area contributed by atoms with Crippen LogP contribution in [0.25, 0.3) is 104 Å². The Bertz CT molecular complexity index is 3220. The van der Waals surface area contributed by atoms with Crippen molar-refractivity contribution in [3.8, 4) is 62.1 Å². The molecule has 8 aromatic carbocycles. The number of rotatable bonds is 6. The van der Waals surface area contributed by atoms with Crippen molar-refractivity contribution in [1.82, 2.24) is 19.5 Å². The van der Waals surface area contributed by atoms with Gasteiger partial charge in [0.05, 0.1) is 11.0 Å². The maximum absolute atomic E-state index is 5.22. The lowest BCUT2D eigenvalue weighted by atomic mass is 10.0. The molecule has 11 aromatic rings. The van der Waals surface area contributed by atoms with Crippen LogP contribution in [0.4, 0.5) is 0 Å². The van der Waals surface area contributed by atoms with Crippen molar-refractivity contribution in [3.05, 3.63) is 194 Å². The van der Waals surface area contributed by atoms with E-state index in [-0.39, 0.29) is 0 Å². The monoisotopic (exact) mass is 732 g/mol. The topological polar surface area (TPSA) is 43.6 Å². The lowest BCUT2D eigenvalue weighted by Crippen LogP contribution is -2.02. The summed E-state index contributed by atoms with van der Waals surface area (Å²) in [5.74, 6) is 1.88. The average Bonchev–Trinajstić information content (AvgIpc) is 3.83. The Hall–Kier alpha value is -7.21. The van der Waals surface area contributed by atoms with Gasteiger partial charge in [-0.2, -0.15) is 0 Å². The van der Waals surface area contributed by atoms with Gasteiger partial charge in [0.15, 0.2) is 17.5 Å². The molecule has 0 aliphatic carbocycles. The van der Waals surface area contributed by atoms with Crippen LogP contribution in [0.1, 0.15) is 0 Å². The van der Waals surface area contributed by atoms with Crippen LogP contribution in [0.3, 0.4) is 0 Å². The van der Waals surface area contributed by atoms with Gasteiger partial charge in [0.2, 0.25) is 0 Å². The van der Waals surface area contributed by atoms with Gasteiger partial charge in [-0.05, 0) is 64.7 Å². The fraction of sp³-hybridized carbons (Fsp3) is 0. The smallest absolute Gasteiger partial charge is 0.164 e. The zero-order chi connectivity index (χ0) is 37.0. The van der Waals surface area contributed by atoms with Crippen LogP contribution in [-0.2, 0) is 0 Å². The molecule has 0 radical (unpaired) electrons. The van der Waals surface area contributed by atoms with Crippen LogP contribution < -0.4 is 0 Å². The van der Waals surface area contributed by atoms with Crippen molar-refractivity contribution >= 4 is 53.3 Å². The summed E-state index contributed by atoms with van der Waals surface area (Å²) >= 11 is 1.86. The summed E-state index contributed by atoms with van der Waals surface area (Å²) in [6.07, 6.45) is 0. The van der Waals surface area contributed by atoms with E-state index < -0.39 is 0 Å². The number of hydrogen-bond donors (Lipinski definition) is 0. The van der Waals surface area contributed by atoms with Crippen LogP contribution in [0.2, 0.25) is 0 Å². The Morgan fingerprint density at radius 1 is 0.321 bits per heavy atom. The summed E-state index contributed by atoms with van der Waals surface area (Å²) in [7, 11) is 0. The molecule has 262 valence electrons. The molecule has 0 spiro atoms. The summed E-state index contributed by atoms with van der Waals surface area (Å²) in [4.78, 5) is 15.5. The summed E-state index contributed by atoms with van der Waals surface area (Å²) in [5.41, 5.74) is 10.7. The Kier molecular flexibility index (Phi) is 7.64. The molecule has 11 rings (SSSR count). The molecular weight excluding hydrogens is 701 g/mol. The van der Waals surface area contributed by atoms with E-state index in [1.807, 2.05) is 35.6 Å². The van der Waals surface area contributed by atoms with Gasteiger partial charge >= 0.3 is 0 Å². The Balaban J connectivity index is 1.16. The van der Waals surface area contributed by atoms with Crippen LogP contribution in [-0.4, -0.2) is 19.5 Å². The third-order valence-corrected chi connectivity index (χ3v) is 11.8. The highest BCUT2D eigenvalue weighted by Gasteiger charge is 2.20. The van der Waals surface area contributed by atoms with Gasteiger partial charge in [0, 0.05) is 53.3 Å². The van der Waals surface area contributed by atoms with Crippen LogP contribution >= 0.6 is 11.3 Å². The molecule has 56 heavy (non-hydrogen) atoms. The molecule has 3 aromatic heterocycles. The van der Waals surface area contributed by atoms with E-state index in [2.05, 4.69) is 174 Å². The van der Waals surface area contributed by atoms with Crippen molar-refractivity contribution < 1.29 is 0 Å². The van der Waals surface area contributed by atoms with Gasteiger partial charge < -0.3 is 4.57 Å². The maximum atomic E-state index is 5.22. The molecule has 0 saturated heterocycles. The Morgan fingerprint density at radius 2 is 0.821 bits per heavy atom. The maximum Gasteiger partial charge on any atom is 0.164 e. The molecule has 0 aliphatic heterocycles. The van der Waals surface area contributed by atoms with E-state index in [1.165, 1.54) is 42.0 Å². The molecule has 0 atom stereocenters. The summed E-state index contributed by atoms with van der Waals surface area (Å²) < 4.78 is 5.01. The number of nitrogens with zero attached hydrogens (tertiary/aromatic N) is 4. The van der Waals surface area contributed by atoms with E-state index >= 15 is 0 Å². The summed E-state index contributed by atoms with van der Waals surface area (Å²) in [6.45, 7) is 0. The van der Waals surface area contributed by atoms with Crippen LogP contribution in [0, 0.1) is 0 Å². The molecule has 0 saturated carbocycles. The number of para-hydroxylation sites is 1. The van der Waals surface area contributed by atoms with Gasteiger partial charge in [-0.1, -0.05) is 152 Å². The van der Waals surface area contributed by atoms with Gasteiger partial charge in [-0.15, -0.1) is 11.3 Å². The van der Waals surface area contributed by atoms with Crippen molar-refractivity contribution in [2.45, 2.75) is 0 Å². The molecule has 5 heteroatoms. The first-order valence-corrected chi connectivity index (χ1v) is 19.6. The summed E-state index contributed by atoms with van der Waals surface area (Å²) in [5, 5.41) is 5.11. The first-order valence-electron chi connectivity index (χ1n) is 18.8. The van der Waals surface area contributed by atoms with Crippen molar-refractivity contribution in [3.63, 3.8) is 0 Å². The third-order valence-electron chi connectivity index (χ3n) is 10.6. The SMILES string of the molecule is c1ccc(-c2ccc(-c3nc(-c4ccccc4)nc(-c4cc(-c5ccccc5)cc(-n5c6ccccc6c6c7c(ccc65)sc5ccccc57)c4)n3)cc2)cc1. The molecule has 0 fully saturated rings. The van der Waals surface area contributed by atoms with Crippen LogP contribution in [0.15, 0.2) is 194 Å².